The van der Waals surface area contributed by atoms with Crippen LogP contribution in [0.4, 0.5) is 10.3 Å². The van der Waals surface area contributed by atoms with Crippen LogP contribution in [-0.2, 0) is 24.3 Å². The molecule has 38 heavy (non-hydrogen) atoms. The fourth-order valence-corrected chi connectivity index (χ4v) is 4.83. The molecule has 0 N–H and O–H groups in total. The van der Waals surface area contributed by atoms with Crippen LogP contribution in [0.15, 0.2) is 84.9 Å². The summed E-state index contributed by atoms with van der Waals surface area (Å²) >= 11 is 0. The molecule has 3 aromatic carbocycles. The quantitative estimate of drug-likeness (QED) is 0.286. The summed E-state index contributed by atoms with van der Waals surface area (Å²) in [5.74, 6) is 0.217. The third-order valence-electron chi connectivity index (χ3n) is 6.88. The zero-order chi connectivity index (χ0) is 26.5. The number of rotatable bonds is 8. The lowest BCUT2D eigenvalue weighted by Crippen LogP contribution is -2.39. The van der Waals surface area contributed by atoms with Crippen molar-refractivity contribution in [1.82, 2.24) is 14.9 Å². The van der Waals surface area contributed by atoms with Gasteiger partial charge >= 0.3 is 0 Å². The molecule has 0 unspecified atom stereocenters. The number of benzene rings is 3. The Bertz CT molecular complexity index is 1400. The number of aromatic nitrogens is 2. The number of halogens is 1. The van der Waals surface area contributed by atoms with Crippen LogP contribution in [0.3, 0.4) is 0 Å². The highest BCUT2D eigenvalue weighted by Gasteiger charge is 2.31. The van der Waals surface area contributed by atoms with Gasteiger partial charge in [-0.3, -0.25) is 4.79 Å². The van der Waals surface area contributed by atoms with E-state index in [1.165, 1.54) is 6.07 Å². The minimum absolute atomic E-state index is 0.0615. The number of carbonyl (C=O) groups is 1. The summed E-state index contributed by atoms with van der Waals surface area (Å²) in [5, 5.41) is 0. The average molecular weight is 511 g/mol. The van der Waals surface area contributed by atoms with Gasteiger partial charge in [-0.05, 0) is 29.7 Å². The van der Waals surface area contributed by atoms with Crippen molar-refractivity contribution in [3.05, 3.63) is 113 Å². The Balaban J connectivity index is 1.47. The van der Waals surface area contributed by atoms with Crippen molar-refractivity contribution in [2.24, 2.45) is 0 Å². The zero-order valence-electron chi connectivity index (χ0n) is 21.7. The Morgan fingerprint density at radius 2 is 1.68 bits per heavy atom. The number of nitrogens with zero attached hydrogens (tertiary/aromatic N) is 4. The molecular weight excluding hydrogens is 479 g/mol. The van der Waals surface area contributed by atoms with Gasteiger partial charge in [0.05, 0.1) is 23.7 Å². The van der Waals surface area contributed by atoms with Crippen LogP contribution in [0, 0.1) is 5.82 Å². The summed E-state index contributed by atoms with van der Waals surface area (Å²) in [6, 6.07) is 26.2. The highest BCUT2D eigenvalue weighted by atomic mass is 19.1. The van der Waals surface area contributed by atoms with Gasteiger partial charge in [0.1, 0.15) is 0 Å². The second-order valence-corrected chi connectivity index (χ2v) is 9.51. The summed E-state index contributed by atoms with van der Waals surface area (Å²) < 4.78 is 20.6. The summed E-state index contributed by atoms with van der Waals surface area (Å²) in [6.45, 7) is 3.49. The number of hydrogen-bond donors (Lipinski definition) is 0. The van der Waals surface area contributed by atoms with E-state index in [0.717, 1.165) is 16.8 Å². The predicted molar refractivity (Wildman–Crippen MR) is 146 cm³/mol. The fourth-order valence-electron chi connectivity index (χ4n) is 4.83. The van der Waals surface area contributed by atoms with Crippen molar-refractivity contribution in [1.29, 1.82) is 0 Å². The first-order valence-electron chi connectivity index (χ1n) is 12.9. The largest absolute Gasteiger partial charge is 0.435 e. The second kappa shape index (κ2) is 11.4. The maximum absolute atomic E-state index is 14.6. The molecule has 4 aromatic rings. The topological polar surface area (TPSA) is 58.6 Å². The lowest BCUT2D eigenvalue weighted by atomic mass is 9.94. The molecule has 1 aliphatic heterocycles. The van der Waals surface area contributed by atoms with E-state index < -0.39 is 5.82 Å². The molecule has 2 heterocycles. The molecule has 0 fully saturated rings. The van der Waals surface area contributed by atoms with E-state index in [9.17, 15) is 9.18 Å². The molecule has 0 aliphatic carbocycles. The third kappa shape index (κ3) is 5.52. The lowest BCUT2D eigenvalue weighted by molar-refractivity contribution is -0.133. The fraction of sp³-hybridized carbons (Fsp3) is 0.258. The zero-order valence-corrected chi connectivity index (χ0v) is 21.7. The van der Waals surface area contributed by atoms with Gasteiger partial charge < -0.3 is 14.5 Å². The molecule has 0 bridgehead atoms. The van der Waals surface area contributed by atoms with Gasteiger partial charge in [0.15, 0.2) is 11.6 Å². The van der Waals surface area contributed by atoms with Crippen molar-refractivity contribution in [3.63, 3.8) is 0 Å². The number of ether oxygens (including phenoxy) is 1. The molecular formula is C31H31FN4O2. The predicted octanol–water partition coefficient (Wildman–Crippen LogP) is 6.12. The molecule has 0 saturated heterocycles. The Kier molecular flexibility index (Phi) is 7.63. The standard InChI is InChI=1S/C31H31FN4O2/c1-3-24(23-14-8-5-9-15-23)30(37)36-19-18-27-25(21-36)29(38-28-17-11-10-16-26(28)32)34-31(33-27)35(2)20-22-12-6-4-7-13-22/h4-17,24H,3,18-21H2,1-2H3/t24-/m1/s1. The van der Waals surface area contributed by atoms with Gasteiger partial charge in [-0.15, -0.1) is 0 Å². The molecule has 0 spiro atoms. The third-order valence-corrected chi connectivity index (χ3v) is 6.88. The first-order chi connectivity index (χ1) is 18.5. The molecule has 1 atom stereocenters. The molecule has 5 rings (SSSR count). The van der Waals surface area contributed by atoms with Crippen LogP contribution in [0.5, 0.6) is 11.6 Å². The Labute approximate surface area is 222 Å². The van der Waals surface area contributed by atoms with E-state index in [2.05, 4.69) is 0 Å². The smallest absolute Gasteiger partial charge is 0.230 e. The van der Waals surface area contributed by atoms with Crippen LogP contribution < -0.4 is 9.64 Å². The van der Waals surface area contributed by atoms with Gasteiger partial charge in [0, 0.05) is 26.6 Å². The van der Waals surface area contributed by atoms with E-state index in [1.54, 1.807) is 18.2 Å². The Morgan fingerprint density at radius 1 is 1.00 bits per heavy atom. The van der Waals surface area contributed by atoms with Crippen LogP contribution in [0.1, 0.15) is 41.6 Å². The van der Waals surface area contributed by atoms with Gasteiger partial charge in [0.2, 0.25) is 17.7 Å². The van der Waals surface area contributed by atoms with Gasteiger partial charge in [-0.1, -0.05) is 79.7 Å². The number of anilines is 1. The summed E-state index contributed by atoms with van der Waals surface area (Å²) in [4.78, 5) is 27.0. The summed E-state index contributed by atoms with van der Waals surface area (Å²) in [5.41, 5.74) is 3.66. The Morgan fingerprint density at radius 3 is 2.39 bits per heavy atom. The van der Waals surface area contributed by atoms with Crippen LogP contribution in [0.2, 0.25) is 0 Å². The first-order valence-corrected chi connectivity index (χ1v) is 12.9. The summed E-state index contributed by atoms with van der Waals surface area (Å²) in [6.07, 6.45) is 1.26. The highest BCUT2D eigenvalue weighted by Crippen LogP contribution is 2.34. The van der Waals surface area contributed by atoms with Gasteiger partial charge in [-0.2, -0.15) is 4.98 Å². The van der Waals surface area contributed by atoms with Crippen molar-refractivity contribution in [2.75, 3.05) is 18.5 Å². The molecule has 1 aromatic heterocycles. The minimum Gasteiger partial charge on any atom is -0.435 e. The van der Waals surface area contributed by atoms with Crippen molar-refractivity contribution in [3.8, 4) is 11.6 Å². The van der Waals surface area contributed by atoms with Crippen molar-refractivity contribution < 1.29 is 13.9 Å². The molecule has 1 aliphatic rings. The molecule has 0 saturated carbocycles. The van der Waals surface area contributed by atoms with E-state index in [-0.39, 0.29) is 23.5 Å². The number of para-hydroxylation sites is 1. The highest BCUT2D eigenvalue weighted by molar-refractivity contribution is 5.84. The maximum Gasteiger partial charge on any atom is 0.230 e. The van der Waals surface area contributed by atoms with Gasteiger partial charge in [0.25, 0.3) is 0 Å². The molecule has 6 nitrogen and oxygen atoms in total. The van der Waals surface area contributed by atoms with Crippen LogP contribution >= 0.6 is 0 Å². The van der Waals surface area contributed by atoms with E-state index >= 15 is 0 Å². The minimum atomic E-state index is -0.474. The van der Waals surface area contributed by atoms with Crippen molar-refractivity contribution in [2.45, 2.75) is 38.8 Å². The molecule has 1 amide bonds. The molecule has 7 heteroatoms. The molecule has 0 radical (unpaired) electrons. The number of carbonyl (C=O) groups excluding carboxylic acids is 1. The van der Waals surface area contributed by atoms with Gasteiger partial charge in [-0.25, -0.2) is 9.37 Å². The summed E-state index contributed by atoms with van der Waals surface area (Å²) in [7, 11) is 1.92. The van der Waals surface area contributed by atoms with Crippen molar-refractivity contribution >= 4 is 11.9 Å². The first kappa shape index (κ1) is 25.4. The monoisotopic (exact) mass is 510 g/mol. The SMILES string of the molecule is CC[C@@H](C(=O)N1CCc2nc(N(C)Cc3ccccc3)nc(Oc3ccccc3F)c2C1)c1ccccc1. The Hall–Kier alpha value is -4.26. The average Bonchev–Trinajstić information content (AvgIpc) is 2.95. The maximum atomic E-state index is 14.6. The van der Waals surface area contributed by atoms with Crippen LogP contribution in [0.25, 0.3) is 0 Å². The van der Waals surface area contributed by atoms with E-state index in [1.807, 2.05) is 84.4 Å². The van der Waals surface area contributed by atoms with Crippen LogP contribution in [-0.4, -0.2) is 34.4 Å². The number of hydrogen-bond acceptors (Lipinski definition) is 5. The number of fused-ring (bicyclic) bond motifs is 1. The van der Waals surface area contributed by atoms with E-state index in [4.69, 9.17) is 14.7 Å². The second-order valence-electron chi connectivity index (χ2n) is 9.51. The molecule has 194 valence electrons. The number of amides is 1. The normalized spacial score (nSPS) is 13.5. The lowest BCUT2D eigenvalue weighted by Gasteiger charge is -2.32. The van der Waals surface area contributed by atoms with E-state index in [0.29, 0.717) is 44.0 Å².